The van der Waals surface area contributed by atoms with Gasteiger partial charge in [0.25, 0.3) is 0 Å². The Kier molecular flexibility index (Phi) is 7.65. The van der Waals surface area contributed by atoms with Gasteiger partial charge < -0.3 is 0 Å². The quantitative estimate of drug-likeness (QED) is 0.168. The Morgan fingerprint density at radius 1 is 0.514 bits per heavy atom. The van der Waals surface area contributed by atoms with Gasteiger partial charge in [0.2, 0.25) is 0 Å². The summed E-state index contributed by atoms with van der Waals surface area (Å²) in [6.07, 6.45) is 8.27. The third-order valence-corrected chi connectivity index (χ3v) is 19.2. The van der Waals surface area contributed by atoms with E-state index in [4.69, 9.17) is 0 Å². The molecular weight excluding hydrogens is 481 g/mol. The third kappa shape index (κ3) is 5.11. The minimum absolute atomic E-state index is 0.114. The maximum absolute atomic E-state index is 2.77. The van der Waals surface area contributed by atoms with Crippen LogP contribution < -0.4 is 0 Å². The van der Waals surface area contributed by atoms with Crippen molar-refractivity contribution < 1.29 is 0 Å². The van der Waals surface area contributed by atoms with E-state index in [1.54, 1.807) is 22.3 Å². The summed E-state index contributed by atoms with van der Waals surface area (Å²) in [6.45, 7) is 0. The van der Waals surface area contributed by atoms with Crippen LogP contribution in [-0.4, -0.2) is 19.9 Å². The maximum atomic E-state index is 2.77. The monoisotopic (exact) mass is 520 g/mol. The molecule has 3 heteroatoms. The Hall–Kier alpha value is -2.20. The SMILES string of the molecule is B[PH]1(CCP2C(c3ccccc3)CC[C@@H]2c2ccccc2)C(c2ccccc2)CC[C@@H]1c1ccccc1. The van der Waals surface area contributed by atoms with E-state index < -0.39 is 7.14 Å². The van der Waals surface area contributed by atoms with Gasteiger partial charge >= 0.3 is 227 Å². The van der Waals surface area contributed by atoms with Gasteiger partial charge in [-0.15, -0.1) is 0 Å². The summed E-state index contributed by atoms with van der Waals surface area (Å²) in [6, 6.07) is 46.1. The zero-order valence-corrected chi connectivity index (χ0v) is 23.9. The topological polar surface area (TPSA) is 0 Å². The molecule has 0 saturated carbocycles. The molecule has 0 nitrogen and oxygen atoms in total. The van der Waals surface area contributed by atoms with Crippen LogP contribution in [0.4, 0.5) is 0 Å². The molecule has 0 bridgehead atoms. The van der Waals surface area contributed by atoms with Crippen molar-refractivity contribution in [2.75, 3.05) is 12.3 Å². The molecule has 188 valence electrons. The van der Waals surface area contributed by atoms with Crippen LogP contribution in [-0.2, 0) is 0 Å². The molecule has 6 rings (SSSR count). The minimum atomic E-state index is -1.64. The summed E-state index contributed by atoms with van der Waals surface area (Å²) in [5.74, 6) is 0. The third-order valence-electron chi connectivity index (χ3n) is 9.53. The Bertz CT molecular complexity index is 1170. The van der Waals surface area contributed by atoms with E-state index in [2.05, 4.69) is 129 Å². The van der Waals surface area contributed by atoms with Gasteiger partial charge in [0.1, 0.15) is 0 Å². The summed E-state index contributed by atoms with van der Waals surface area (Å²) in [5.41, 5.74) is 9.40. The molecule has 37 heavy (non-hydrogen) atoms. The molecule has 3 unspecified atom stereocenters. The first-order chi connectivity index (χ1) is 18.2. The molecule has 0 spiro atoms. The van der Waals surface area contributed by atoms with E-state index in [0.29, 0.717) is 0 Å². The first kappa shape index (κ1) is 25.1. The second-order valence-electron chi connectivity index (χ2n) is 11.4. The Morgan fingerprint density at radius 2 is 0.865 bits per heavy atom. The second-order valence-corrected chi connectivity index (χ2v) is 19.1. The number of benzene rings is 4. The molecule has 2 heterocycles. The predicted octanol–water partition coefficient (Wildman–Crippen LogP) is 9.32. The van der Waals surface area contributed by atoms with Gasteiger partial charge in [-0.2, -0.15) is 0 Å². The molecule has 4 aromatic rings. The molecule has 0 amide bonds. The number of rotatable bonds is 7. The average molecular weight is 520 g/mol. The zero-order valence-electron chi connectivity index (χ0n) is 22.0. The summed E-state index contributed by atoms with van der Waals surface area (Å²) in [5, 5.41) is 0. The summed E-state index contributed by atoms with van der Waals surface area (Å²) in [4.78, 5) is 0. The fourth-order valence-electron chi connectivity index (χ4n) is 7.66. The molecule has 0 N–H and O–H groups in total. The normalized spacial score (nSPS) is 27.6. The fourth-order valence-corrected chi connectivity index (χ4v) is 18.5. The summed E-state index contributed by atoms with van der Waals surface area (Å²) < 4.78 is 0. The van der Waals surface area contributed by atoms with Gasteiger partial charge in [-0.25, -0.2) is 0 Å². The van der Waals surface area contributed by atoms with Gasteiger partial charge in [0, 0.05) is 0 Å². The van der Waals surface area contributed by atoms with Crippen molar-refractivity contribution in [1.82, 2.24) is 0 Å². The van der Waals surface area contributed by atoms with E-state index in [-0.39, 0.29) is 7.92 Å². The van der Waals surface area contributed by atoms with Crippen molar-refractivity contribution in [1.29, 1.82) is 0 Å². The van der Waals surface area contributed by atoms with Crippen molar-refractivity contribution in [2.45, 2.75) is 48.3 Å². The first-order valence-corrected chi connectivity index (χ1v) is 18.7. The van der Waals surface area contributed by atoms with E-state index >= 15 is 0 Å². The van der Waals surface area contributed by atoms with Crippen molar-refractivity contribution in [3.05, 3.63) is 144 Å². The van der Waals surface area contributed by atoms with Crippen LogP contribution in [0.1, 0.15) is 70.6 Å². The van der Waals surface area contributed by atoms with Crippen molar-refractivity contribution in [3.8, 4) is 0 Å². The Morgan fingerprint density at radius 3 is 1.24 bits per heavy atom. The summed E-state index contributed by atoms with van der Waals surface area (Å²) in [7, 11) is 1.02. The van der Waals surface area contributed by atoms with E-state index in [9.17, 15) is 0 Å². The van der Waals surface area contributed by atoms with Crippen LogP contribution in [0.3, 0.4) is 0 Å². The average Bonchev–Trinajstić information content (AvgIpc) is 3.55. The molecule has 2 saturated heterocycles. The van der Waals surface area contributed by atoms with Crippen molar-refractivity contribution in [2.24, 2.45) is 0 Å². The van der Waals surface area contributed by atoms with E-state index in [1.165, 1.54) is 38.0 Å². The molecular formula is C34H39BP2. The van der Waals surface area contributed by atoms with Crippen LogP contribution >= 0.6 is 15.1 Å². The zero-order chi connectivity index (χ0) is 25.1. The van der Waals surface area contributed by atoms with Crippen LogP contribution in [0.5, 0.6) is 0 Å². The molecule has 2 aliphatic heterocycles. The molecule has 4 aromatic carbocycles. The van der Waals surface area contributed by atoms with Crippen LogP contribution in [0, 0.1) is 0 Å². The van der Waals surface area contributed by atoms with Gasteiger partial charge in [-0.05, 0) is 0 Å². The van der Waals surface area contributed by atoms with E-state index in [1.807, 2.05) is 0 Å². The predicted molar refractivity (Wildman–Crippen MR) is 169 cm³/mol. The van der Waals surface area contributed by atoms with E-state index in [0.717, 1.165) is 22.6 Å². The Labute approximate surface area is 226 Å². The van der Waals surface area contributed by atoms with Crippen LogP contribution in [0.15, 0.2) is 121 Å². The van der Waals surface area contributed by atoms with Gasteiger partial charge in [0.15, 0.2) is 0 Å². The van der Waals surface area contributed by atoms with Gasteiger partial charge in [0.05, 0.1) is 0 Å². The second kappa shape index (κ2) is 11.3. The molecule has 2 fully saturated rings. The van der Waals surface area contributed by atoms with Crippen molar-refractivity contribution >= 4 is 22.6 Å². The number of hydrogen-bond acceptors (Lipinski definition) is 0. The fraction of sp³-hybridized carbons (Fsp3) is 0.294. The molecule has 5 atom stereocenters. The van der Waals surface area contributed by atoms with Crippen molar-refractivity contribution in [3.63, 3.8) is 0 Å². The van der Waals surface area contributed by atoms with Gasteiger partial charge in [-0.1, -0.05) is 0 Å². The summed E-state index contributed by atoms with van der Waals surface area (Å²) >= 11 is 0. The first-order valence-electron chi connectivity index (χ1n) is 14.2. The molecule has 0 aromatic heterocycles. The number of hydrogen-bond donors (Lipinski definition) is 0. The molecule has 2 aliphatic rings. The molecule has 0 radical (unpaired) electrons. The van der Waals surface area contributed by atoms with Crippen LogP contribution in [0.2, 0.25) is 0 Å². The van der Waals surface area contributed by atoms with Gasteiger partial charge in [-0.3, -0.25) is 0 Å². The molecule has 0 aliphatic carbocycles. The Balaban J connectivity index is 1.34. The van der Waals surface area contributed by atoms with Crippen LogP contribution in [0.25, 0.3) is 0 Å². The standard InChI is InChI=1S/C34H39BP2/c35-37(33(29-17-9-3-10-18-29)23-24-34(37)30-19-11-4-12-20-30)26-25-36-31(27-13-5-1-6-14-27)21-22-32(36)28-15-7-2-8-16-28/h1-20,31-34,37H,21-26,35H2/t31-,32?,33-,34?,36?/m1/s1.